The van der Waals surface area contributed by atoms with E-state index in [1.807, 2.05) is 6.07 Å². The molecule has 1 aromatic carbocycles. The van der Waals surface area contributed by atoms with Crippen LogP contribution in [0.3, 0.4) is 0 Å². The first-order valence-corrected chi connectivity index (χ1v) is 7.80. The van der Waals surface area contributed by atoms with Crippen molar-refractivity contribution in [2.24, 2.45) is 0 Å². The van der Waals surface area contributed by atoms with E-state index in [-0.39, 0.29) is 5.91 Å². The number of pyridine rings is 1. The second-order valence-electron chi connectivity index (χ2n) is 5.88. The van der Waals surface area contributed by atoms with Crippen molar-refractivity contribution in [3.05, 3.63) is 59.7 Å². The SMILES string of the molecule is CC(C)c1nc2ccc(CCNC(=O)c3cccnc3)cc2[nH]1. The average molecular weight is 308 g/mol. The van der Waals surface area contributed by atoms with Crippen molar-refractivity contribution >= 4 is 16.9 Å². The maximum Gasteiger partial charge on any atom is 0.252 e. The van der Waals surface area contributed by atoms with Crippen LogP contribution in [0.15, 0.2) is 42.7 Å². The predicted molar refractivity (Wildman–Crippen MR) is 90.5 cm³/mol. The first-order chi connectivity index (χ1) is 11.1. The Balaban J connectivity index is 1.62. The van der Waals surface area contributed by atoms with E-state index in [9.17, 15) is 4.79 Å². The number of carbonyl (C=O) groups is 1. The van der Waals surface area contributed by atoms with Crippen molar-refractivity contribution in [1.29, 1.82) is 0 Å². The molecule has 1 amide bonds. The molecular weight excluding hydrogens is 288 g/mol. The number of H-pyrrole nitrogens is 1. The smallest absolute Gasteiger partial charge is 0.252 e. The standard InChI is InChI=1S/C18H20N4O/c1-12(2)17-21-15-6-5-13(10-16(15)22-17)7-9-20-18(23)14-4-3-8-19-11-14/h3-6,8,10-12H,7,9H2,1-2H3,(H,20,23)(H,21,22). The highest BCUT2D eigenvalue weighted by atomic mass is 16.1. The number of carbonyl (C=O) groups excluding carboxylic acids is 1. The third-order valence-electron chi connectivity index (χ3n) is 3.73. The number of aromatic amines is 1. The number of imidazole rings is 1. The summed E-state index contributed by atoms with van der Waals surface area (Å²) in [6, 6.07) is 9.70. The van der Waals surface area contributed by atoms with Crippen LogP contribution in [0.5, 0.6) is 0 Å². The molecule has 0 saturated carbocycles. The highest BCUT2D eigenvalue weighted by Gasteiger charge is 2.08. The van der Waals surface area contributed by atoms with Gasteiger partial charge in [0.05, 0.1) is 16.6 Å². The summed E-state index contributed by atoms with van der Waals surface area (Å²) in [5.41, 5.74) is 3.78. The Morgan fingerprint density at radius 1 is 1.30 bits per heavy atom. The highest BCUT2D eigenvalue weighted by molar-refractivity contribution is 5.93. The zero-order valence-corrected chi connectivity index (χ0v) is 13.3. The number of fused-ring (bicyclic) bond motifs is 1. The van der Waals surface area contributed by atoms with Crippen LogP contribution in [0.4, 0.5) is 0 Å². The molecule has 23 heavy (non-hydrogen) atoms. The Morgan fingerprint density at radius 2 is 2.17 bits per heavy atom. The molecule has 3 rings (SSSR count). The number of amides is 1. The van der Waals surface area contributed by atoms with E-state index >= 15 is 0 Å². The van der Waals surface area contributed by atoms with Crippen LogP contribution in [0, 0.1) is 0 Å². The van der Waals surface area contributed by atoms with E-state index in [0.29, 0.717) is 18.0 Å². The zero-order valence-electron chi connectivity index (χ0n) is 13.3. The lowest BCUT2D eigenvalue weighted by atomic mass is 10.1. The van der Waals surface area contributed by atoms with Crippen molar-refractivity contribution in [1.82, 2.24) is 20.3 Å². The van der Waals surface area contributed by atoms with E-state index < -0.39 is 0 Å². The molecule has 118 valence electrons. The van der Waals surface area contributed by atoms with Crippen molar-refractivity contribution in [3.8, 4) is 0 Å². The van der Waals surface area contributed by atoms with E-state index in [2.05, 4.69) is 46.2 Å². The van der Waals surface area contributed by atoms with Gasteiger partial charge in [-0.25, -0.2) is 4.98 Å². The zero-order chi connectivity index (χ0) is 16.2. The number of aromatic nitrogens is 3. The Bertz CT molecular complexity index is 808. The molecule has 0 aliphatic rings. The van der Waals surface area contributed by atoms with Gasteiger partial charge in [0.25, 0.3) is 5.91 Å². The van der Waals surface area contributed by atoms with E-state index in [0.717, 1.165) is 23.3 Å². The van der Waals surface area contributed by atoms with Gasteiger partial charge in [0, 0.05) is 24.9 Å². The lowest BCUT2D eigenvalue weighted by Gasteiger charge is -2.05. The summed E-state index contributed by atoms with van der Waals surface area (Å²) in [5.74, 6) is 1.29. The van der Waals surface area contributed by atoms with Crippen LogP contribution in [-0.2, 0) is 6.42 Å². The molecule has 2 N–H and O–H groups in total. The minimum atomic E-state index is -0.0946. The largest absolute Gasteiger partial charge is 0.352 e. The van der Waals surface area contributed by atoms with E-state index in [4.69, 9.17) is 0 Å². The first-order valence-electron chi connectivity index (χ1n) is 7.80. The molecule has 0 atom stereocenters. The van der Waals surface area contributed by atoms with Gasteiger partial charge in [0.15, 0.2) is 0 Å². The van der Waals surface area contributed by atoms with Gasteiger partial charge in [-0.15, -0.1) is 0 Å². The molecule has 0 spiro atoms. The van der Waals surface area contributed by atoms with Gasteiger partial charge in [-0.2, -0.15) is 0 Å². The summed E-state index contributed by atoms with van der Waals surface area (Å²) in [7, 11) is 0. The molecule has 0 saturated heterocycles. The molecule has 0 aliphatic heterocycles. The van der Waals surface area contributed by atoms with Crippen molar-refractivity contribution in [2.45, 2.75) is 26.2 Å². The molecule has 0 unspecified atom stereocenters. The first kappa shape index (κ1) is 15.2. The van der Waals surface area contributed by atoms with Gasteiger partial charge >= 0.3 is 0 Å². The van der Waals surface area contributed by atoms with Crippen molar-refractivity contribution < 1.29 is 4.79 Å². The van der Waals surface area contributed by atoms with Crippen LogP contribution in [0.2, 0.25) is 0 Å². The van der Waals surface area contributed by atoms with Gasteiger partial charge in [0.1, 0.15) is 5.82 Å². The number of rotatable bonds is 5. The topological polar surface area (TPSA) is 70.7 Å². The number of nitrogens with zero attached hydrogens (tertiary/aromatic N) is 2. The summed E-state index contributed by atoms with van der Waals surface area (Å²) >= 11 is 0. The molecule has 2 aromatic heterocycles. The normalized spacial score (nSPS) is 11.1. The Kier molecular flexibility index (Phi) is 4.37. The molecule has 5 heteroatoms. The Hall–Kier alpha value is -2.69. The number of benzene rings is 1. The maximum absolute atomic E-state index is 12.0. The van der Waals surface area contributed by atoms with E-state index in [1.54, 1.807) is 24.5 Å². The second-order valence-corrected chi connectivity index (χ2v) is 5.88. The molecule has 2 heterocycles. The van der Waals surface area contributed by atoms with Crippen molar-refractivity contribution in [2.75, 3.05) is 6.54 Å². The summed E-state index contributed by atoms with van der Waals surface area (Å²) in [6.45, 7) is 4.82. The Labute approximate surface area is 135 Å². The fraction of sp³-hybridized carbons (Fsp3) is 0.278. The quantitative estimate of drug-likeness (QED) is 0.761. The van der Waals surface area contributed by atoms with Crippen LogP contribution in [0.25, 0.3) is 11.0 Å². The summed E-state index contributed by atoms with van der Waals surface area (Å²) in [5, 5.41) is 2.91. The fourth-order valence-corrected chi connectivity index (χ4v) is 2.42. The highest BCUT2D eigenvalue weighted by Crippen LogP contribution is 2.18. The third kappa shape index (κ3) is 3.56. The lowest BCUT2D eigenvalue weighted by Crippen LogP contribution is -2.25. The number of hydrogen-bond donors (Lipinski definition) is 2. The van der Waals surface area contributed by atoms with Crippen LogP contribution >= 0.6 is 0 Å². The summed E-state index contributed by atoms with van der Waals surface area (Å²) in [6.07, 6.45) is 4.00. The van der Waals surface area contributed by atoms with Gasteiger partial charge in [-0.1, -0.05) is 19.9 Å². The van der Waals surface area contributed by atoms with Crippen LogP contribution in [-0.4, -0.2) is 27.4 Å². The summed E-state index contributed by atoms with van der Waals surface area (Å²) in [4.78, 5) is 23.8. The Morgan fingerprint density at radius 3 is 2.91 bits per heavy atom. The molecule has 0 aliphatic carbocycles. The molecule has 0 fully saturated rings. The summed E-state index contributed by atoms with van der Waals surface area (Å²) < 4.78 is 0. The second kappa shape index (κ2) is 6.60. The van der Waals surface area contributed by atoms with Gasteiger partial charge < -0.3 is 10.3 Å². The fourth-order valence-electron chi connectivity index (χ4n) is 2.42. The van der Waals surface area contributed by atoms with Gasteiger partial charge in [-0.3, -0.25) is 9.78 Å². The van der Waals surface area contributed by atoms with Gasteiger partial charge in [0.2, 0.25) is 0 Å². The van der Waals surface area contributed by atoms with Crippen LogP contribution < -0.4 is 5.32 Å². The number of hydrogen-bond acceptors (Lipinski definition) is 3. The third-order valence-corrected chi connectivity index (χ3v) is 3.73. The molecule has 5 nitrogen and oxygen atoms in total. The van der Waals surface area contributed by atoms with Crippen molar-refractivity contribution in [3.63, 3.8) is 0 Å². The molecule has 0 bridgehead atoms. The van der Waals surface area contributed by atoms with E-state index in [1.165, 1.54) is 5.56 Å². The predicted octanol–water partition coefficient (Wildman–Crippen LogP) is 3.05. The minimum Gasteiger partial charge on any atom is -0.352 e. The number of nitrogens with one attached hydrogen (secondary N) is 2. The van der Waals surface area contributed by atoms with Crippen LogP contribution in [0.1, 0.15) is 41.5 Å². The van der Waals surface area contributed by atoms with Gasteiger partial charge in [-0.05, 0) is 36.2 Å². The minimum absolute atomic E-state index is 0.0946. The maximum atomic E-state index is 12.0. The molecule has 0 radical (unpaired) electrons. The monoisotopic (exact) mass is 308 g/mol. The molecular formula is C18H20N4O. The lowest BCUT2D eigenvalue weighted by molar-refractivity contribution is 0.0954. The molecule has 3 aromatic rings. The average Bonchev–Trinajstić information content (AvgIpc) is 2.99.